The minimum absolute atomic E-state index is 0.283. The average Bonchev–Trinajstić information content (AvgIpc) is 3.05. The first kappa shape index (κ1) is 10.3. The molecule has 3 heterocycles. The fourth-order valence-electron chi connectivity index (χ4n) is 1.62. The largest absolute Gasteiger partial charge is 0.461 e. The number of nitrogens with zero attached hydrogens (tertiary/aromatic N) is 5. The lowest BCUT2D eigenvalue weighted by atomic mass is 10.4. The standard InChI is InChI=1S/C11H8N6O/c1-13-11-14-7(6-12)5-9-15-10(16-17(9)11)8-3-2-4-18-8/h2-5H,1H3,(H,13,14). The summed E-state index contributed by atoms with van der Waals surface area (Å²) in [5, 5.41) is 16.0. The first-order valence-electron chi connectivity index (χ1n) is 5.21. The lowest BCUT2D eigenvalue weighted by Gasteiger charge is -2.00. The third-order valence-electron chi connectivity index (χ3n) is 2.40. The molecule has 0 spiro atoms. The van der Waals surface area contributed by atoms with E-state index in [9.17, 15) is 0 Å². The molecule has 1 N–H and O–H groups in total. The van der Waals surface area contributed by atoms with Crippen molar-refractivity contribution in [1.82, 2.24) is 19.6 Å². The highest BCUT2D eigenvalue weighted by atomic mass is 16.3. The molecule has 0 aliphatic carbocycles. The van der Waals surface area contributed by atoms with E-state index >= 15 is 0 Å². The maximum Gasteiger partial charge on any atom is 0.226 e. The summed E-state index contributed by atoms with van der Waals surface area (Å²) < 4.78 is 6.76. The van der Waals surface area contributed by atoms with Gasteiger partial charge >= 0.3 is 0 Å². The highest BCUT2D eigenvalue weighted by molar-refractivity contribution is 5.56. The summed E-state index contributed by atoms with van der Waals surface area (Å²) in [7, 11) is 1.71. The third-order valence-corrected chi connectivity index (χ3v) is 2.40. The smallest absolute Gasteiger partial charge is 0.226 e. The van der Waals surface area contributed by atoms with Crippen LogP contribution in [0.3, 0.4) is 0 Å². The van der Waals surface area contributed by atoms with Crippen LogP contribution in [0.2, 0.25) is 0 Å². The lowest BCUT2D eigenvalue weighted by molar-refractivity contribution is 0.577. The maximum absolute atomic E-state index is 8.89. The SMILES string of the molecule is CNc1nc(C#N)cc2nc(-c3ccco3)nn12. The van der Waals surface area contributed by atoms with Crippen LogP contribution in [0, 0.1) is 11.3 Å². The van der Waals surface area contributed by atoms with Gasteiger partial charge in [0.2, 0.25) is 11.8 Å². The van der Waals surface area contributed by atoms with Gasteiger partial charge in [-0.05, 0) is 12.1 Å². The van der Waals surface area contributed by atoms with Crippen molar-refractivity contribution in [2.45, 2.75) is 0 Å². The van der Waals surface area contributed by atoms with E-state index in [0.29, 0.717) is 23.2 Å². The highest BCUT2D eigenvalue weighted by Crippen LogP contribution is 2.18. The van der Waals surface area contributed by atoms with E-state index in [-0.39, 0.29) is 5.69 Å². The minimum atomic E-state index is 0.283. The average molecular weight is 240 g/mol. The van der Waals surface area contributed by atoms with Gasteiger partial charge in [-0.1, -0.05) is 0 Å². The molecule has 0 amide bonds. The Bertz CT molecular complexity index is 737. The molecule has 88 valence electrons. The molecule has 0 saturated heterocycles. The Balaban J connectivity index is 2.26. The van der Waals surface area contributed by atoms with Gasteiger partial charge in [-0.15, -0.1) is 5.10 Å². The molecule has 7 nitrogen and oxygen atoms in total. The van der Waals surface area contributed by atoms with E-state index in [1.165, 1.54) is 4.52 Å². The van der Waals surface area contributed by atoms with Gasteiger partial charge in [-0.3, -0.25) is 0 Å². The number of rotatable bonds is 2. The van der Waals surface area contributed by atoms with Crippen molar-refractivity contribution in [2.24, 2.45) is 0 Å². The van der Waals surface area contributed by atoms with Gasteiger partial charge in [0.1, 0.15) is 11.8 Å². The number of nitriles is 1. The van der Waals surface area contributed by atoms with Crippen LogP contribution in [0.4, 0.5) is 5.95 Å². The Morgan fingerprint density at radius 2 is 2.33 bits per heavy atom. The van der Waals surface area contributed by atoms with E-state index in [2.05, 4.69) is 20.4 Å². The van der Waals surface area contributed by atoms with Crippen molar-refractivity contribution >= 4 is 11.6 Å². The molecule has 0 fully saturated rings. The van der Waals surface area contributed by atoms with Gasteiger partial charge in [-0.25, -0.2) is 9.97 Å². The summed E-state index contributed by atoms with van der Waals surface area (Å²) in [6, 6.07) is 7.09. The molecular weight excluding hydrogens is 232 g/mol. The van der Waals surface area contributed by atoms with Crippen LogP contribution in [0.5, 0.6) is 0 Å². The first-order valence-corrected chi connectivity index (χ1v) is 5.21. The zero-order valence-corrected chi connectivity index (χ0v) is 9.45. The Morgan fingerprint density at radius 3 is 3.00 bits per heavy atom. The van der Waals surface area contributed by atoms with Crippen molar-refractivity contribution in [1.29, 1.82) is 5.26 Å². The molecule has 0 aliphatic rings. The third kappa shape index (κ3) is 1.48. The predicted octanol–water partition coefficient (Wildman–Crippen LogP) is 1.30. The van der Waals surface area contributed by atoms with Gasteiger partial charge in [0.15, 0.2) is 11.4 Å². The van der Waals surface area contributed by atoms with Crippen molar-refractivity contribution in [3.05, 3.63) is 30.2 Å². The Kier molecular flexibility index (Phi) is 2.20. The van der Waals surface area contributed by atoms with Gasteiger partial charge in [0, 0.05) is 13.1 Å². The number of fused-ring (bicyclic) bond motifs is 1. The van der Waals surface area contributed by atoms with E-state index in [1.54, 1.807) is 31.5 Å². The van der Waals surface area contributed by atoms with Crippen molar-refractivity contribution in [3.8, 4) is 17.7 Å². The fourth-order valence-corrected chi connectivity index (χ4v) is 1.62. The molecule has 0 unspecified atom stereocenters. The monoisotopic (exact) mass is 240 g/mol. The molecule has 7 heteroatoms. The number of hydrogen-bond acceptors (Lipinski definition) is 6. The van der Waals surface area contributed by atoms with Crippen LogP contribution < -0.4 is 5.32 Å². The zero-order chi connectivity index (χ0) is 12.5. The number of hydrogen-bond donors (Lipinski definition) is 1. The van der Waals surface area contributed by atoms with Gasteiger partial charge in [0.25, 0.3) is 0 Å². The summed E-state index contributed by atoms with van der Waals surface area (Å²) in [4.78, 5) is 8.39. The van der Waals surface area contributed by atoms with Crippen LogP contribution in [0.25, 0.3) is 17.2 Å². The lowest BCUT2D eigenvalue weighted by Crippen LogP contribution is -2.03. The molecule has 0 aromatic carbocycles. The second kappa shape index (κ2) is 3.85. The quantitative estimate of drug-likeness (QED) is 0.725. The number of nitrogens with one attached hydrogen (secondary N) is 1. The molecule has 0 aliphatic heterocycles. The molecule has 0 bridgehead atoms. The normalized spacial score (nSPS) is 10.4. The Labute approximate surface area is 102 Å². The molecule has 0 saturated carbocycles. The van der Waals surface area contributed by atoms with Gasteiger partial charge < -0.3 is 9.73 Å². The summed E-state index contributed by atoms with van der Waals surface area (Å²) >= 11 is 0. The predicted molar refractivity (Wildman–Crippen MR) is 62.7 cm³/mol. The van der Waals surface area contributed by atoms with Crippen molar-refractivity contribution < 1.29 is 4.42 Å². The molecular formula is C11H8N6O. The molecule has 3 aromatic rings. The highest BCUT2D eigenvalue weighted by Gasteiger charge is 2.12. The number of aromatic nitrogens is 4. The Hall–Kier alpha value is -2.88. The van der Waals surface area contributed by atoms with Crippen LogP contribution >= 0.6 is 0 Å². The summed E-state index contributed by atoms with van der Waals surface area (Å²) in [5.41, 5.74) is 0.822. The van der Waals surface area contributed by atoms with Gasteiger partial charge in [-0.2, -0.15) is 9.78 Å². The van der Waals surface area contributed by atoms with Crippen molar-refractivity contribution in [2.75, 3.05) is 12.4 Å². The van der Waals surface area contributed by atoms with Crippen LogP contribution in [0.15, 0.2) is 28.9 Å². The van der Waals surface area contributed by atoms with Crippen LogP contribution in [-0.4, -0.2) is 26.6 Å². The van der Waals surface area contributed by atoms with E-state index < -0.39 is 0 Å². The Morgan fingerprint density at radius 1 is 1.44 bits per heavy atom. The van der Waals surface area contributed by atoms with Crippen LogP contribution in [-0.2, 0) is 0 Å². The maximum atomic E-state index is 8.89. The second-order valence-electron chi connectivity index (χ2n) is 3.51. The topological polar surface area (TPSA) is 92.0 Å². The van der Waals surface area contributed by atoms with E-state index in [1.807, 2.05) is 6.07 Å². The molecule has 0 atom stereocenters. The summed E-state index contributed by atoms with van der Waals surface area (Å²) in [6.45, 7) is 0. The van der Waals surface area contributed by atoms with E-state index in [0.717, 1.165) is 0 Å². The minimum Gasteiger partial charge on any atom is -0.461 e. The van der Waals surface area contributed by atoms with Crippen molar-refractivity contribution in [3.63, 3.8) is 0 Å². The summed E-state index contributed by atoms with van der Waals surface area (Å²) in [5.74, 6) is 1.47. The number of furan rings is 1. The molecule has 3 rings (SSSR count). The van der Waals surface area contributed by atoms with Crippen LogP contribution in [0.1, 0.15) is 5.69 Å². The fraction of sp³-hybridized carbons (Fsp3) is 0.0909. The molecule has 18 heavy (non-hydrogen) atoms. The molecule has 3 aromatic heterocycles. The van der Waals surface area contributed by atoms with E-state index in [4.69, 9.17) is 9.68 Å². The second-order valence-corrected chi connectivity index (χ2v) is 3.51. The number of anilines is 1. The first-order chi connectivity index (χ1) is 8.81. The molecule has 0 radical (unpaired) electrons. The summed E-state index contributed by atoms with van der Waals surface area (Å²) in [6.07, 6.45) is 1.55. The van der Waals surface area contributed by atoms with Gasteiger partial charge in [0.05, 0.1) is 6.26 Å². The zero-order valence-electron chi connectivity index (χ0n) is 9.45.